The van der Waals surface area contributed by atoms with Gasteiger partial charge in [-0.05, 0) is 30.7 Å². The second-order valence-electron chi connectivity index (χ2n) is 5.07. The van der Waals surface area contributed by atoms with E-state index in [1.165, 1.54) is 18.2 Å². The molecule has 2 rings (SSSR count). The Balaban J connectivity index is 2.02. The monoisotopic (exact) mass is 394 g/mol. The molecule has 0 unspecified atom stereocenters. The Morgan fingerprint density at radius 2 is 1.68 bits per heavy atom. The smallest absolute Gasteiger partial charge is 0.389 e. The van der Waals surface area contributed by atoms with E-state index < -0.39 is 34.9 Å². The molecule has 0 aliphatic rings. The lowest BCUT2D eigenvalue weighted by molar-refractivity contribution is -0.134. The highest BCUT2D eigenvalue weighted by molar-refractivity contribution is 7.87. The van der Waals surface area contributed by atoms with E-state index in [9.17, 15) is 21.6 Å². The van der Waals surface area contributed by atoms with Gasteiger partial charge in [0.2, 0.25) is 0 Å². The third-order valence-electron chi connectivity index (χ3n) is 2.95. The van der Waals surface area contributed by atoms with Crippen LogP contribution in [0, 0.1) is 0 Å². The predicted molar refractivity (Wildman–Crippen MR) is 87.7 cm³/mol. The third-order valence-corrected chi connectivity index (χ3v) is 4.50. The molecule has 2 aromatic carbocycles. The number of para-hydroxylation sites is 1. The Morgan fingerprint density at radius 1 is 1.00 bits per heavy atom. The van der Waals surface area contributed by atoms with E-state index in [2.05, 4.69) is 0 Å². The molecule has 0 saturated heterocycles. The van der Waals surface area contributed by atoms with Crippen LogP contribution in [0.5, 0.6) is 17.2 Å². The summed E-state index contributed by atoms with van der Waals surface area (Å²) in [7, 11) is -4.14. The zero-order chi connectivity index (χ0) is 18.5. The molecule has 0 saturated carbocycles. The Morgan fingerprint density at radius 3 is 2.36 bits per heavy atom. The summed E-state index contributed by atoms with van der Waals surface area (Å²) in [6.07, 6.45) is -6.16. The van der Waals surface area contributed by atoms with Crippen molar-refractivity contribution in [3.63, 3.8) is 0 Å². The number of rotatable bonds is 7. The summed E-state index contributed by atoms with van der Waals surface area (Å²) in [5.41, 5.74) is 0. The molecule has 0 aliphatic carbocycles. The average Bonchev–Trinajstić information content (AvgIpc) is 2.48. The number of benzene rings is 2. The Bertz CT molecular complexity index is 822. The lowest BCUT2D eigenvalue weighted by Crippen LogP contribution is -2.16. The highest BCUT2D eigenvalue weighted by Gasteiger charge is 2.27. The van der Waals surface area contributed by atoms with Gasteiger partial charge in [0.15, 0.2) is 0 Å². The molecule has 0 aromatic heterocycles. The number of alkyl halides is 3. The van der Waals surface area contributed by atoms with Crippen LogP contribution in [0.1, 0.15) is 12.8 Å². The molecule has 0 spiro atoms. The maximum absolute atomic E-state index is 12.1. The van der Waals surface area contributed by atoms with Gasteiger partial charge < -0.3 is 8.92 Å². The first kappa shape index (κ1) is 19.4. The molecular formula is C16H14ClF3O4S. The van der Waals surface area contributed by atoms with Crippen molar-refractivity contribution in [2.45, 2.75) is 19.0 Å². The van der Waals surface area contributed by atoms with Gasteiger partial charge in [0.1, 0.15) is 17.2 Å². The molecule has 9 heteroatoms. The highest BCUT2D eigenvalue weighted by atomic mass is 35.5. The highest BCUT2D eigenvalue weighted by Crippen LogP contribution is 2.31. The van der Waals surface area contributed by atoms with Gasteiger partial charge in [-0.2, -0.15) is 21.6 Å². The average molecular weight is 395 g/mol. The Kier molecular flexibility index (Phi) is 6.18. The minimum absolute atomic E-state index is 0.0587. The summed E-state index contributed by atoms with van der Waals surface area (Å²) < 4.78 is 70.1. The maximum atomic E-state index is 12.1. The van der Waals surface area contributed by atoms with Gasteiger partial charge in [-0.25, -0.2) is 0 Å². The first-order valence-corrected chi connectivity index (χ1v) is 9.11. The standard InChI is InChI=1S/C16H14ClF3O4S/c17-14-7-1-2-8-15(14)23-12-5-3-6-13(11-12)24-25(21,22)10-4-9-16(18,19)20/h1-3,5-8,11H,4,9-10H2. The van der Waals surface area contributed by atoms with Gasteiger partial charge in [0.05, 0.1) is 10.8 Å². The van der Waals surface area contributed by atoms with E-state index in [0.29, 0.717) is 10.8 Å². The molecule has 4 nitrogen and oxygen atoms in total. The number of halogens is 4. The molecule has 2 aromatic rings. The van der Waals surface area contributed by atoms with Gasteiger partial charge in [-0.3, -0.25) is 0 Å². The second-order valence-corrected chi connectivity index (χ2v) is 7.17. The zero-order valence-corrected chi connectivity index (χ0v) is 14.4. The number of hydrogen-bond acceptors (Lipinski definition) is 4. The minimum atomic E-state index is -4.40. The van der Waals surface area contributed by atoms with E-state index in [1.807, 2.05) is 0 Å². The molecule has 0 atom stereocenters. The fourth-order valence-corrected chi connectivity index (χ4v) is 3.03. The van der Waals surface area contributed by atoms with Crippen molar-refractivity contribution in [2.75, 3.05) is 5.75 Å². The van der Waals surface area contributed by atoms with Gasteiger partial charge in [0, 0.05) is 12.5 Å². The molecular weight excluding hydrogens is 381 g/mol. The first-order valence-electron chi connectivity index (χ1n) is 7.16. The summed E-state index contributed by atoms with van der Waals surface area (Å²) in [5.74, 6) is -0.149. The molecule has 0 fully saturated rings. The minimum Gasteiger partial charge on any atom is -0.456 e. The third kappa shape index (κ3) is 6.83. The molecule has 0 heterocycles. The summed E-state index contributed by atoms with van der Waals surface area (Å²) in [4.78, 5) is 0. The van der Waals surface area contributed by atoms with E-state index >= 15 is 0 Å². The fraction of sp³-hybridized carbons (Fsp3) is 0.250. The largest absolute Gasteiger partial charge is 0.456 e. The van der Waals surface area contributed by atoms with Gasteiger partial charge in [0.25, 0.3) is 0 Å². The molecule has 0 radical (unpaired) electrons. The van der Waals surface area contributed by atoms with Crippen LogP contribution in [0.2, 0.25) is 5.02 Å². The van der Waals surface area contributed by atoms with Crippen LogP contribution in [-0.4, -0.2) is 20.3 Å². The summed E-state index contributed by atoms with van der Waals surface area (Å²) in [6.45, 7) is 0. The molecule has 0 bridgehead atoms. The number of ether oxygens (including phenoxy) is 1. The SMILES string of the molecule is O=S(=O)(CCCC(F)(F)F)Oc1cccc(Oc2ccccc2Cl)c1. The Labute approximate surface area is 148 Å². The Hall–Kier alpha value is -1.93. The van der Waals surface area contributed by atoms with Gasteiger partial charge >= 0.3 is 16.3 Å². The first-order chi connectivity index (χ1) is 11.6. The topological polar surface area (TPSA) is 52.6 Å². The number of hydrogen-bond donors (Lipinski definition) is 0. The summed E-state index contributed by atoms with van der Waals surface area (Å²) >= 11 is 5.97. The van der Waals surface area contributed by atoms with Crippen LogP contribution in [0.25, 0.3) is 0 Å². The van der Waals surface area contributed by atoms with Crippen LogP contribution in [-0.2, 0) is 10.1 Å². The van der Waals surface area contributed by atoms with E-state index in [0.717, 1.165) is 0 Å². The maximum Gasteiger partial charge on any atom is 0.389 e. The zero-order valence-electron chi connectivity index (χ0n) is 12.8. The van der Waals surface area contributed by atoms with Crippen LogP contribution >= 0.6 is 11.6 Å². The van der Waals surface area contributed by atoms with Crippen molar-refractivity contribution >= 4 is 21.7 Å². The van der Waals surface area contributed by atoms with Crippen LogP contribution < -0.4 is 8.92 Å². The summed E-state index contributed by atoms with van der Waals surface area (Å²) in [6, 6.07) is 12.4. The van der Waals surface area contributed by atoms with E-state index in [1.54, 1.807) is 30.3 Å². The van der Waals surface area contributed by atoms with Gasteiger partial charge in [-0.15, -0.1) is 0 Å². The molecule has 0 amide bonds. The molecule has 0 aliphatic heterocycles. The normalized spacial score (nSPS) is 12.0. The fourth-order valence-electron chi connectivity index (χ4n) is 1.88. The predicted octanol–water partition coefficient (Wildman–Crippen LogP) is 5.18. The lowest BCUT2D eigenvalue weighted by Gasteiger charge is -2.11. The van der Waals surface area contributed by atoms with Gasteiger partial charge in [-0.1, -0.05) is 29.8 Å². The second kappa shape index (κ2) is 7.97. The summed E-state index contributed by atoms with van der Waals surface area (Å²) in [5, 5.41) is 0.369. The van der Waals surface area contributed by atoms with Crippen molar-refractivity contribution in [2.24, 2.45) is 0 Å². The van der Waals surface area contributed by atoms with E-state index in [-0.39, 0.29) is 11.5 Å². The van der Waals surface area contributed by atoms with Crippen molar-refractivity contribution < 1.29 is 30.5 Å². The van der Waals surface area contributed by atoms with Crippen molar-refractivity contribution in [1.29, 1.82) is 0 Å². The lowest BCUT2D eigenvalue weighted by atomic mass is 10.3. The van der Waals surface area contributed by atoms with E-state index in [4.69, 9.17) is 20.5 Å². The van der Waals surface area contributed by atoms with Crippen LogP contribution in [0.15, 0.2) is 48.5 Å². The van der Waals surface area contributed by atoms with Crippen LogP contribution in [0.3, 0.4) is 0 Å². The van der Waals surface area contributed by atoms with Crippen molar-refractivity contribution in [3.05, 3.63) is 53.6 Å². The van der Waals surface area contributed by atoms with Crippen molar-refractivity contribution in [3.8, 4) is 17.2 Å². The van der Waals surface area contributed by atoms with Crippen molar-refractivity contribution in [1.82, 2.24) is 0 Å². The molecule has 136 valence electrons. The quantitative estimate of drug-likeness (QED) is 0.607. The van der Waals surface area contributed by atoms with Crippen LogP contribution in [0.4, 0.5) is 13.2 Å². The molecule has 25 heavy (non-hydrogen) atoms. The molecule has 0 N–H and O–H groups in total.